The van der Waals surface area contributed by atoms with Gasteiger partial charge in [0.05, 0.1) is 12.2 Å². The number of hydrogen-bond acceptors (Lipinski definition) is 4. The van der Waals surface area contributed by atoms with Crippen molar-refractivity contribution in [1.29, 1.82) is 0 Å². The number of epoxide rings is 1. The minimum absolute atomic E-state index is 0.00550. The molecule has 1 fully saturated rings. The molecule has 0 bridgehead atoms. The summed E-state index contributed by atoms with van der Waals surface area (Å²) in [7, 11) is 0. The molecule has 0 amide bonds. The number of ether oxygens (including phenoxy) is 2. The van der Waals surface area contributed by atoms with E-state index < -0.39 is 5.97 Å². The standard InChI is InChI=1S/C17H14O4/c18-16(12-6-2-1-3-7-12)14-8-4-5-9-15(14)17(19)21-11-13-10-20-13/h1-9,13H,10-11H2. The Labute approximate surface area is 122 Å². The minimum Gasteiger partial charge on any atom is -0.459 e. The molecule has 4 nitrogen and oxygen atoms in total. The number of benzene rings is 2. The second-order valence-electron chi connectivity index (χ2n) is 4.79. The van der Waals surface area contributed by atoms with Crippen molar-refractivity contribution in [2.45, 2.75) is 6.10 Å². The maximum Gasteiger partial charge on any atom is 0.338 e. The van der Waals surface area contributed by atoms with E-state index in [1.54, 1.807) is 48.5 Å². The highest BCUT2D eigenvalue weighted by molar-refractivity contribution is 6.14. The molecule has 0 radical (unpaired) electrons. The number of carbonyl (C=O) groups is 2. The monoisotopic (exact) mass is 282 g/mol. The van der Waals surface area contributed by atoms with Gasteiger partial charge in [-0.25, -0.2) is 4.79 Å². The molecular weight excluding hydrogens is 268 g/mol. The van der Waals surface area contributed by atoms with E-state index >= 15 is 0 Å². The fourth-order valence-electron chi connectivity index (χ4n) is 2.01. The van der Waals surface area contributed by atoms with Crippen molar-refractivity contribution in [3.05, 3.63) is 71.3 Å². The van der Waals surface area contributed by atoms with Crippen LogP contribution in [0.5, 0.6) is 0 Å². The Morgan fingerprint density at radius 3 is 2.29 bits per heavy atom. The summed E-state index contributed by atoms with van der Waals surface area (Å²) >= 11 is 0. The molecule has 1 heterocycles. The van der Waals surface area contributed by atoms with Gasteiger partial charge in [0.1, 0.15) is 12.7 Å². The summed E-state index contributed by atoms with van der Waals surface area (Å²) in [5, 5.41) is 0. The van der Waals surface area contributed by atoms with E-state index in [0.717, 1.165) is 0 Å². The predicted octanol–water partition coefficient (Wildman–Crippen LogP) is 2.47. The molecule has 1 aliphatic heterocycles. The van der Waals surface area contributed by atoms with E-state index in [0.29, 0.717) is 17.7 Å². The Morgan fingerprint density at radius 2 is 1.62 bits per heavy atom. The second kappa shape index (κ2) is 5.89. The molecule has 2 aromatic carbocycles. The minimum atomic E-state index is -0.495. The highest BCUT2D eigenvalue weighted by atomic mass is 16.6. The smallest absolute Gasteiger partial charge is 0.338 e. The molecule has 1 unspecified atom stereocenters. The van der Waals surface area contributed by atoms with Crippen LogP contribution in [0.1, 0.15) is 26.3 Å². The molecule has 0 aromatic heterocycles. The Hall–Kier alpha value is -2.46. The van der Waals surface area contributed by atoms with Crippen LogP contribution in [0.25, 0.3) is 0 Å². The second-order valence-corrected chi connectivity index (χ2v) is 4.79. The van der Waals surface area contributed by atoms with E-state index in [1.165, 1.54) is 0 Å². The molecule has 4 heteroatoms. The maximum absolute atomic E-state index is 12.5. The summed E-state index contributed by atoms with van der Waals surface area (Å²) in [4.78, 5) is 24.6. The van der Waals surface area contributed by atoms with E-state index in [2.05, 4.69) is 0 Å². The number of hydrogen-bond donors (Lipinski definition) is 0. The van der Waals surface area contributed by atoms with Crippen LogP contribution in [0.4, 0.5) is 0 Å². The molecule has 1 atom stereocenters. The molecule has 0 N–H and O–H groups in total. The molecular formula is C17H14O4. The van der Waals surface area contributed by atoms with Gasteiger partial charge in [-0.3, -0.25) is 4.79 Å². The van der Waals surface area contributed by atoms with Gasteiger partial charge in [-0.05, 0) is 6.07 Å². The molecule has 0 spiro atoms. The van der Waals surface area contributed by atoms with E-state index in [1.807, 2.05) is 6.07 Å². The van der Waals surface area contributed by atoms with Crippen molar-refractivity contribution in [2.24, 2.45) is 0 Å². The van der Waals surface area contributed by atoms with Crippen molar-refractivity contribution in [3.63, 3.8) is 0 Å². The first-order chi connectivity index (χ1) is 10.3. The van der Waals surface area contributed by atoms with E-state index in [4.69, 9.17) is 9.47 Å². The normalized spacial score (nSPS) is 16.3. The first kappa shape index (κ1) is 13.5. The van der Waals surface area contributed by atoms with E-state index in [-0.39, 0.29) is 24.1 Å². The van der Waals surface area contributed by atoms with Gasteiger partial charge in [-0.2, -0.15) is 0 Å². The van der Waals surface area contributed by atoms with Gasteiger partial charge in [-0.1, -0.05) is 48.5 Å². The fourth-order valence-corrected chi connectivity index (χ4v) is 2.01. The van der Waals surface area contributed by atoms with Crippen molar-refractivity contribution in [2.75, 3.05) is 13.2 Å². The Balaban J connectivity index is 1.84. The van der Waals surface area contributed by atoms with Gasteiger partial charge in [0.25, 0.3) is 0 Å². The molecule has 2 aromatic rings. The van der Waals surface area contributed by atoms with Crippen LogP contribution in [0.3, 0.4) is 0 Å². The van der Waals surface area contributed by atoms with Crippen LogP contribution < -0.4 is 0 Å². The summed E-state index contributed by atoms with van der Waals surface area (Å²) in [5.74, 6) is -0.684. The highest BCUT2D eigenvalue weighted by Crippen LogP contribution is 2.17. The maximum atomic E-state index is 12.5. The Morgan fingerprint density at radius 1 is 1.00 bits per heavy atom. The van der Waals surface area contributed by atoms with Crippen LogP contribution in [0.2, 0.25) is 0 Å². The van der Waals surface area contributed by atoms with Gasteiger partial charge in [-0.15, -0.1) is 0 Å². The van der Waals surface area contributed by atoms with Gasteiger partial charge in [0.15, 0.2) is 5.78 Å². The fraction of sp³-hybridized carbons (Fsp3) is 0.176. The van der Waals surface area contributed by atoms with Gasteiger partial charge in [0.2, 0.25) is 0 Å². The number of rotatable bonds is 5. The Bertz CT molecular complexity index is 660. The van der Waals surface area contributed by atoms with Crippen LogP contribution >= 0.6 is 0 Å². The SMILES string of the molecule is O=C(OCC1CO1)c1ccccc1C(=O)c1ccccc1. The zero-order valence-corrected chi connectivity index (χ0v) is 11.3. The van der Waals surface area contributed by atoms with Crippen molar-refractivity contribution >= 4 is 11.8 Å². The van der Waals surface area contributed by atoms with Crippen LogP contribution in [-0.2, 0) is 9.47 Å². The number of esters is 1. The third-order valence-corrected chi connectivity index (χ3v) is 3.23. The number of ketones is 1. The van der Waals surface area contributed by atoms with Crippen molar-refractivity contribution in [3.8, 4) is 0 Å². The van der Waals surface area contributed by atoms with Crippen LogP contribution in [-0.4, -0.2) is 31.1 Å². The summed E-state index contributed by atoms with van der Waals surface area (Å²) in [5.41, 5.74) is 1.18. The largest absolute Gasteiger partial charge is 0.459 e. The van der Waals surface area contributed by atoms with Gasteiger partial charge >= 0.3 is 5.97 Å². The summed E-state index contributed by atoms with van der Waals surface area (Å²) in [6.07, 6.45) is 0.00550. The third-order valence-electron chi connectivity index (χ3n) is 3.23. The molecule has 3 rings (SSSR count). The van der Waals surface area contributed by atoms with Crippen LogP contribution in [0.15, 0.2) is 54.6 Å². The highest BCUT2D eigenvalue weighted by Gasteiger charge is 2.26. The van der Waals surface area contributed by atoms with Gasteiger partial charge < -0.3 is 9.47 Å². The average molecular weight is 282 g/mol. The lowest BCUT2D eigenvalue weighted by atomic mass is 9.98. The lowest BCUT2D eigenvalue weighted by Crippen LogP contribution is -2.15. The molecule has 0 saturated carbocycles. The number of carbonyl (C=O) groups excluding carboxylic acids is 2. The predicted molar refractivity (Wildman–Crippen MR) is 76.3 cm³/mol. The summed E-state index contributed by atoms with van der Waals surface area (Å²) < 4.78 is 10.2. The molecule has 106 valence electrons. The topological polar surface area (TPSA) is 55.9 Å². The summed E-state index contributed by atoms with van der Waals surface area (Å²) in [6.45, 7) is 0.852. The molecule has 1 aliphatic rings. The molecule has 21 heavy (non-hydrogen) atoms. The third kappa shape index (κ3) is 3.17. The lowest BCUT2D eigenvalue weighted by molar-refractivity contribution is 0.0474. The van der Waals surface area contributed by atoms with Crippen LogP contribution in [0, 0.1) is 0 Å². The Kier molecular flexibility index (Phi) is 3.79. The first-order valence-electron chi connectivity index (χ1n) is 6.73. The molecule has 0 aliphatic carbocycles. The quantitative estimate of drug-likeness (QED) is 0.480. The van der Waals surface area contributed by atoms with Crippen molar-refractivity contribution in [1.82, 2.24) is 0 Å². The van der Waals surface area contributed by atoms with Crippen molar-refractivity contribution < 1.29 is 19.1 Å². The summed E-state index contributed by atoms with van der Waals surface area (Å²) in [6, 6.07) is 15.6. The zero-order valence-electron chi connectivity index (χ0n) is 11.3. The van der Waals surface area contributed by atoms with E-state index in [9.17, 15) is 9.59 Å². The lowest BCUT2D eigenvalue weighted by Gasteiger charge is -2.08. The van der Waals surface area contributed by atoms with Gasteiger partial charge in [0, 0.05) is 11.1 Å². The average Bonchev–Trinajstić information content (AvgIpc) is 3.37. The molecule has 1 saturated heterocycles. The first-order valence-corrected chi connectivity index (χ1v) is 6.73. The zero-order chi connectivity index (χ0) is 14.7.